The van der Waals surface area contributed by atoms with E-state index in [2.05, 4.69) is 20.3 Å². The summed E-state index contributed by atoms with van der Waals surface area (Å²) >= 11 is 5.96. The summed E-state index contributed by atoms with van der Waals surface area (Å²) in [5, 5.41) is 13.1. The van der Waals surface area contributed by atoms with Crippen LogP contribution >= 0.6 is 11.6 Å². The Bertz CT molecular complexity index is 1790. The zero-order valence-electron chi connectivity index (χ0n) is 19.9. The summed E-state index contributed by atoms with van der Waals surface area (Å²) in [4.78, 5) is 31.3. The van der Waals surface area contributed by atoms with Gasteiger partial charge in [0.25, 0.3) is 0 Å². The number of phenolic OH excluding ortho intramolecular Hbond substituents is 1. The third-order valence-corrected chi connectivity index (χ3v) is 7.05. The molecule has 1 atom stereocenters. The minimum absolute atomic E-state index is 0.0625. The molecule has 0 bridgehead atoms. The van der Waals surface area contributed by atoms with Crippen LogP contribution in [0.15, 0.2) is 54.9 Å². The Kier molecular flexibility index (Phi) is 5.21. The van der Waals surface area contributed by atoms with Crippen molar-refractivity contribution in [2.24, 2.45) is 0 Å². The van der Waals surface area contributed by atoms with Gasteiger partial charge in [0.1, 0.15) is 40.1 Å². The maximum atomic E-state index is 13.8. The van der Waals surface area contributed by atoms with E-state index in [4.69, 9.17) is 28.1 Å². The van der Waals surface area contributed by atoms with Crippen LogP contribution in [0.1, 0.15) is 29.3 Å². The average Bonchev–Trinajstić information content (AvgIpc) is 3.38. The number of aromatic hydroxyl groups is 1. The summed E-state index contributed by atoms with van der Waals surface area (Å²) in [5.41, 5.74) is 14.2. The van der Waals surface area contributed by atoms with Gasteiger partial charge in [-0.25, -0.2) is 24.3 Å². The number of anilines is 3. The molecular weight excluding hydrogens is 511 g/mol. The van der Waals surface area contributed by atoms with Crippen LogP contribution in [0.4, 0.5) is 21.8 Å². The standard InChI is InChI=1S/C26H20ClFN8O2/c1-26(13-5-6-15(27)18(37)9-13)20-21(30)33-22(34-23(20)35-25(26)38)17-11-36-19(29)10-31-24(36)16(32-17)8-12-3-2-4-14(28)7-12/h2-7,9-11,37H,8,29H2,1H3,(H3,30,33,34,35,38). The number of benzene rings is 2. The zero-order valence-corrected chi connectivity index (χ0v) is 20.7. The Morgan fingerprint density at radius 3 is 2.74 bits per heavy atom. The van der Waals surface area contributed by atoms with Crippen molar-refractivity contribution < 1.29 is 14.3 Å². The van der Waals surface area contributed by atoms with E-state index in [1.54, 1.807) is 35.7 Å². The Morgan fingerprint density at radius 1 is 1.16 bits per heavy atom. The third kappa shape index (κ3) is 3.58. The van der Waals surface area contributed by atoms with Crippen LogP contribution in [0.2, 0.25) is 5.02 Å². The van der Waals surface area contributed by atoms with Gasteiger partial charge in [-0.1, -0.05) is 29.8 Å². The number of rotatable bonds is 4. The number of hydrogen-bond donors (Lipinski definition) is 4. The van der Waals surface area contributed by atoms with Crippen LogP contribution in [0.5, 0.6) is 5.75 Å². The topological polar surface area (TPSA) is 157 Å². The largest absolute Gasteiger partial charge is 0.506 e. The summed E-state index contributed by atoms with van der Waals surface area (Å²) in [7, 11) is 0. The molecule has 0 saturated heterocycles. The van der Waals surface area contributed by atoms with Gasteiger partial charge in [0.2, 0.25) is 5.91 Å². The quantitative estimate of drug-likeness (QED) is 0.274. The number of imidazole rings is 1. The van der Waals surface area contributed by atoms with Crippen LogP contribution in [0.3, 0.4) is 0 Å². The first-order valence-corrected chi connectivity index (χ1v) is 11.9. The van der Waals surface area contributed by atoms with Crippen LogP contribution in [-0.4, -0.2) is 35.4 Å². The van der Waals surface area contributed by atoms with E-state index in [9.17, 15) is 14.3 Å². The summed E-state index contributed by atoms with van der Waals surface area (Å²) < 4.78 is 15.5. The highest BCUT2D eigenvalue weighted by Gasteiger charge is 2.47. The third-order valence-electron chi connectivity index (χ3n) is 6.73. The molecule has 5 aromatic rings. The summed E-state index contributed by atoms with van der Waals surface area (Å²) in [6, 6.07) is 10.8. The van der Waals surface area contributed by atoms with E-state index >= 15 is 0 Å². The number of fused-ring (bicyclic) bond motifs is 2. The van der Waals surface area contributed by atoms with Crippen LogP contribution in [-0.2, 0) is 16.6 Å². The van der Waals surface area contributed by atoms with Gasteiger partial charge in [-0.3, -0.25) is 9.20 Å². The lowest BCUT2D eigenvalue weighted by molar-refractivity contribution is -0.119. The summed E-state index contributed by atoms with van der Waals surface area (Å²) in [6.45, 7) is 1.67. The normalized spacial score (nSPS) is 16.6. The van der Waals surface area contributed by atoms with Crippen molar-refractivity contribution in [1.82, 2.24) is 24.3 Å². The molecule has 2 aromatic carbocycles. The molecule has 4 heterocycles. The highest BCUT2D eigenvalue weighted by Crippen LogP contribution is 2.46. The van der Waals surface area contributed by atoms with Crippen molar-refractivity contribution in [3.8, 4) is 17.3 Å². The van der Waals surface area contributed by atoms with Gasteiger partial charge in [-0.2, -0.15) is 0 Å². The SMILES string of the molecule is CC1(c2ccc(Cl)c(O)c2)C(=O)Nc2nc(-c3cn4c(N)cnc4c(Cc4cccc(F)c4)n3)nc(N)c21. The molecule has 6 N–H and O–H groups in total. The molecule has 1 amide bonds. The van der Waals surface area contributed by atoms with Gasteiger partial charge in [0.15, 0.2) is 11.5 Å². The minimum Gasteiger partial charge on any atom is -0.506 e. The fourth-order valence-electron chi connectivity index (χ4n) is 4.76. The van der Waals surface area contributed by atoms with E-state index in [-0.39, 0.29) is 46.4 Å². The maximum absolute atomic E-state index is 13.8. The number of phenols is 1. The van der Waals surface area contributed by atoms with Crippen molar-refractivity contribution in [2.75, 3.05) is 16.8 Å². The van der Waals surface area contributed by atoms with E-state index in [0.717, 1.165) is 0 Å². The first-order valence-electron chi connectivity index (χ1n) is 11.5. The van der Waals surface area contributed by atoms with Crippen molar-refractivity contribution in [2.45, 2.75) is 18.8 Å². The second-order valence-electron chi connectivity index (χ2n) is 9.16. The van der Waals surface area contributed by atoms with Crippen molar-refractivity contribution in [3.63, 3.8) is 0 Å². The predicted molar refractivity (Wildman–Crippen MR) is 140 cm³/mol. The molecule has 0 aliphatic carbocycles. The monoisotopic (exact) mass is 530 g/mol. The molecule has 0 saturated carbocycles. The smallest absolute Gasteiger partial charge is 0.240 e. The van der Waals surface area contributed by atoms with Crippen molar-refractivity contribution >= 4 is 40.6 Å². The van der Waals surface area contributed by atoms with Gasteiger partial charge in [0, 0.05) is 12.6 Å². The Hall–Kier alpha value is -4.77. The molecule has 10 nitrogen and oxygen atoms in total. The molecule has 0 spiro atoms. The molecule has 3 aromatic heterocycles. The van der Waals surface area contributed by atoms with Crippen molar-refractivity contribution in [3.05, 3.63) is 88.1 Å². The minimum atomic E-state index is -1.27. The second-order valence-corrected chi connectivity index (χ2v) is 9.56. The number of nitrogen functional groups attached to an aromatic ring is 2. The number of nitrogens with zero attached hydrogens (tertiary/aromatic N) is 5. The number of aromatic nitrogens is 5. The second kappa shape index (κ2) is 8.38. The zero-order chi connectivity index (χ0) is 26.8. The van der Waals surface area contributed by atoms with Gasteiger partial charge in [-0.15, -0.1) is 0 Å². The lowest BCUT2D eigenvalue weighted by Crippen LogP contribution is -2.32. The molecule has 12 heteroatoms. The summed E-state index contributed by atoms with van der Waals surface area (Å²) in [6.07, 6.45) is 3.41. The van der Waals surface area contributed by atoms with Gasteiger partial charge < -0.3 is 21.9 Å². The Labute approximate surface area is 220 Å². The molecule has 0 radical (unpaired) electrons. The number of nitrogens with two attached hydrogens (primary N) is 2. The van der Waals surface area contributed by atoms with Gasteiger partial charge in [-0.05, 0) is 42.3 Å². The van der Waals surface area contributed by atoms with Gasteiger partial charge >= 0.3 is 0 Å². The molecule has 1 aliphatic rings. The molecule has 38 heavy (non-hydrogen) atoms. The summed E-state index contributed by atoms with van der Waals surface area (Å²) in [5.74, 6) is -0.110. The molecule has 1 unspecified atom stereocenters. The highest BCUT2D eigenvalue weighted by molar-refractivity contribution is 6.32. The molecule has 0 fully saturated rings. The molecule has 1 aliphatic heterocycles. The molecular formula is C26H20ClFN8O2. The van der Waals surface area contributed by atoms with Crippen LogP contribution < -0.4 is 16.8 Å². The fraction of sp³-hybridized carbons (Fsp3) is 0.115. The lowest BCUT2D eigenvalue weighted by Gasteiger charge is -2.23. The first-order chi connectivity index (χ1) is 18.1. The highest BCUT2D eigenvalue weighted by atomic mass is 35.5. The van der Waals surface area contributed by atoms with E-state index in [1.165, 1.54) is 30.5 Å². The number of halogens is 2. The van der Waals surface area contributed by atoms with Crippen LogP contribution in [0.25, 0.3) is 17.2 Å². The lowest BCUT2D eigenvalue weighted by atomic mass is 9.77. The maximum Gasteiger partial charge on any atom is 0.240 e. The predicted octanol–water partition coefficient (Wildman–Crippen LogP) is 3.70. The number of carbonyl (C=O) groups is 1. The number of amides is 1. The average molecular weight is 531 g/mol. The Balaban J connectivity index is 1.48. The van der Waals surface area contributed by atoms with Gasteiger partial charge in [0.05, 0.1) is 22.5 Å². The molecule has 6 rings (SSSR count). The van der Waals surface area contributed by atoms with Crippen LogP contribution in [0, 0.1) is 5.82 Å². The first kappa shape index (κ1) is 23.6. The fourth-order valence-corrected chi connectivity index (χ4v) is 4.88. The number of carbonyl (C=O) groups excluding carboxylic acids is 1. The molecule has 190 valence electrons. The number of hydrogen-bond acceptors (Lipinski definition) is 8. The van der Waals surface area contributed by atoms with E-state index in [0.29, 0.717) is 39.5 Å². The Morgan fingerprint density at radius 2 is 1.97 bits per heavy atom. The van der Waals surface area contributed by atoms with Crippen molar-refractivity contribution in [1.29, 1.82) is 0 Å². The number of nitrogens with one attached hydrogen (secondary N) is 1. The van der Waals surface area contributed by atoms with E-state index in [1.807, 2.05) is 0 Å². The van der Waals surface area contributed by atoms with E-state index < -0.39 is 5.41 Å².